The number of rotatable bonds is 5. The Hall–Kier alpha value is -3.58. The number of ether oxygens (including phenoxy) is 1. The summed E-state index contributed by atoms with van der Waals surface area (Å²) >= 11 is 0. The standard InChI is InChI=1S/C24H22FN3O3/c25-20-8-4-7-19(14-20)18-6-3-5-17(13-18)15-24(23(26)30)16-28(11-12-31-24)22(29)21-9-1-2-10-27-21/h1-10,13-14H,11-12,15-16H2,(H2,26,30)/t24-/m0/s1. The molecule has 0 bridgehead atoms. The van der Waals surface area contributed by atoms with Gasteiger partial charge in [-0.05, 0) is 41.0 Å². The Balaban J connectivity index is 1.60. The van der Waals surface area contributed by atoms with Crippen molar-refractivity contribution in [3.05, 3.63) is 90.0 Å². The number of carbonyl (C=O) groups is 2. The van der Waals surface area contributed by atoms with Crippen LogP contribution in [0, 0.1) is 5.82 Å². The van der Waals surface area contributed by atoms with E-state index in [9.17, 15) is 14.0 Å². The second kappa shape index (κ2) is 8.65. The van der Waals surface area contributed by atoms with Gasteiger partial charge in [0, 0.05) is 19.2 Å². The minimum atomic E-state index is -1.36. The Morgan fingerprint density at radius 3 is 2.55 bits per heavy atom. The van der Waals surface area contributed by atoms with Crippen molar-refractivity contribution in [2.45, 2.75) is 12.0 Å². The van der Waals surface area contributed by atoms with Crippen molar-refractivity contribution in [2.24, 2.45) is 5.73 Å². The number of halogens is 1. The lowest BCUT2D eigenvalue weighted by Gasteiger charge is -2.40. The molecular formula is C24H22FN3O3. The molecule has 1 aliphatic heterocycles. The molecule has 6 nitrogen and oxygen atoms in total. The predicted molar refractivity (Wildman–Crippen MR) is 114 cm³/mol. The summed E-state index contributed by atoms with van der Waals surface area (Å²) in [6, 6.07) is 18.8. The number of primary amides is 1. The Labute approximate surface area is 179 Å². The van der Waals surface area contributed by atoms with Gasteiger partial charge in [0.25, 0.3) is 11.8 Å². The molecular weight excluding hydrogens is 397 g/mol. The molecule has 1 aromatic heterocycles. The second-order valence-corrected chi connectivity index (χ2v) is 7.54. The lowest BCUT2D eigenvalue weighted by atomic mass is 9.90. The van der Waals surface area contributed by atoms with Crippen LogP contribution >= 0.6 is 0 Å². The molecule has 7 heteroatoms. The van der Waals surface area contributed by atoms with E-state index < -0.39 is 11.5 Å². The number of amides is 2. The van der Waals surface area contributed by atoms with Crippen molar-refractivity contribution in [2.75, 3.05) is 19.7 Å². The summed E-state index contributed by atoms with van der Waals surface area (Å²) in [5, 5.41) is 0. The van der Waals surface area contributed by atoms with E-state index in [0.717, 1.165) is 16.7 Å². The maximum Gasteiger partial charge on any atom is 0.272 e. The monoisotopic (exact) mass is 419 g/mol. The van der Waals surface area contributed by atoms with Crippen LogP contribution < -0.4 is 5.73 Å². The van der Waals surface area contributed by atoms with Crippen molar-refractivity contribution < 1.29 is 18.7 Å². The zero-order valence-electron chi connectivity index (χ0n) is 16.8. The van der Waals surface area contributed by atoms with Crippen LogP contribution in [0.4, 0.5) is 4.39 Å². The van der Waals surface area contributed by atoms with Gasteiger partial charge >= 0.3 is 0 Å². The van der Waals surface area contributed by atoms with E-state index >= 15 is 0 Å². The molecule has 2 aromatic carbocycles. The molecule has 1 aliphatic rings. The molecule has 0 radical (unpaired) electrons. The summed E-state index contributed by atoms with van der Waals surface area (Å²) < 4.78 is 19.5. The molecule has 4 rings (SSSR count). The molecule has 0 unspecified atom stereocenters. The zero-order valence-corrected chi connectivity index (χ0v) is 16.8. The largest absolute Gasteiger partial charge is 0.367 e. The number of hydrogen-bond acceptors (Lipinski definition) is 4. The normalized spacial score (nSPS) is 18.5. The van der Waals surface area contributed by atoms with E-state index in [1.807, 2.05) is 30.3 Å². The summed E-state index contributed by atoms with van der Waals surface area (Å²) in [6.07, 6.45) is 1.74. The molecule has 0 aliphatic carbocycles. The summed E-state index contributed by atoms with van der Waals surface area (Å²) in [6.45, 7) is 0.556. The van der Waals surface area contributed by atoms with E-state index in [2.05, 4.69) is 4.98 Å². The molecule has 1 atom stereocenters. The number of benzene rings is 2. The van der Waals surface area contributed by atoms with Gasteiger partial charge in [-0.3, -0.25) is 14.6 Å². The molecule has 0 spiro atoms. The van der Waals surface area contributed by atoms with Gasteiger partial charge in [-0.1, -0.05) is 42.5 Å². The SMILES string of the molecule is NC(=O)[C@]1(Cc2cccc(-c3cccc(F)c3)c2)CN(C(=O)c2ccccn2)CCO1. The zero-order chi connectivity index (χ0) is 21.8. The number of carbonyl (C=O) groups excluding carboxylic acids is 2. The molecule has 0 saturated carbocycles. The van der Waals surface area contributed by atoms with Crippen LogP contribution in [0.15, 0.2) is 72.9 Å². The van der Waals surface area contributed by atoms with E-state index in [1.165, 1.54) is 12.1 Å². The Morgan fingerprint density at radius 2 is 1.84 bits per heavy atom. The van der Waals surface area contributed by atoms with Gasteiger partial charge in [0.1, 0.15) is 11.5 Å². The van der Waals surface area contributed by atoms with Crippen LogP contribution in [0.25, 0.3) is 11.1 Å². The first-order valence-corrected chi connectivity index (χ1v) is 9.96. The van der Waals surface area contributed by atoms with Crippen LogP contribution in [-0.4, -0.2) is 47.0 Å². The molecule has 2 amide bonds. The smallest absolute Gasteiger partial charge is 0.272 e. The number of nitrogens with zero attached hydrogens (tertiary/aromatic N) is 2. The number of aromatic nitrogens is 1. The van der Waals surface area contributed by atoms with Crippen molar-refractivity contribution in [1.82, 2.24) is 9.88 Å². The van der Waals surface area contributed by atoms with E-state index in [4.69, 9.17) is 10.5 Å². The molecule has 31 heavy (non-hydrogen) atoms. The number of morpholine rings is 1. The maximum atomic E-state index is 13.6. The van der Waals surface area contributed by atoms with Crippen LogP contribution in [-0.2, 0) is 16.0 Å². The predicted octanol–water partition coefficient (Wildman–Crippen LogP) is 2.83. The van der Waals surface area contributed by atoms with Crippen molar-refractivity contribution in [3.63, 3.8) is 0 Å². The number of pyridine rings is 1. The van der Waals surface area contributed by atoms with Gasteiger partial charge in [0.05, 0.1) is 13.2 Å². The van der Waals surface area contributed by atoms with Crippen molar-refractivity contribution in [1.29, 1.82) is 0 Å². The first kappa shape index (κ1) is 20.7. The van der Waals surface area contributed by atoms with Gasteiger partial charge in [0.15, 0.2) is 5.60 Å². The topological polar surface area (TPSA) is 85.5 Å². The van der Waals surface area contributed by atoms with E-state index in [0.29, 0.717) is 12.2 Å². The summed E-state index contributed by atoms with van der Waals surface area (Å²) in [5.41, 5.74) is 7.04. The fourth-order valence-corrected chi connectivity index (χ4v) is 3.81. The lowest BCUT2D eigenvalue weighted by Crippen LogP contribution is -2.61. The molecule has 1 fully saturated rings. The minimum absolute atomic E-state index is 0.0297. The molecule has 3 aromatic rings. The quantitative estimate of drug-likeness (QED) is 0.689. The van der Waals surface area contributed by atoms with Gasteiger partial charge in [-0.2, -0.15) is 0 Å². The number of nitrogens with two attached hydrogens (primary N) is 1. The minimum Gasteiger partial charge on any atom is -0.367 e. The third-order valence-corrected chi connectivity index (χ3v) is 5.38. The van der Waals surface area contributed by atoms with Crippen molar-refractivity contribution >= 4 is 11.8 Å². The first-order valence-electron chi connectivity index (χ1n) is 9.96. The Kier molecular flexibility index (Phi) is 5.77. The van der Waals surface area contributed by atoms with Gasteiger partial charge in [-0.25, -0.2) is 4.39 Å². The summed E-state index contributed by atoms with van der Waals surface area (Å²) in [4.78, 5) is 31.0. The molecule has 2 N–H and O–H groups in total. The summed E-state index contributed by atoms with van der Waals surface area (Å²) in [7, 11) is 0. The van der Waals surface area contributed by atoms with Crippen LogP contribution in [0.5, 0.6) is 0 Å². The second-order valence-electron chi connectivity index (χ2n) is 7.54. The third-order valence-electron chi connectivity index (χ3n) is 5.38. The van der Waals surface area contributed by atoms with Crippen LogP contribution in [0.2, 0.25) is 0 Å². The van der Waals surface area contributed by atoms with Gasteiger partial charge < -0.3 is 15.4 Å². The van der Waals surface area contributed by atoms with Gasteiger partial charge in [-0.15, -0.1) is 0 Å². The average molecular weight is 419 g/mol. The fraction of sp³-hybridized carbons (Fsp3) is 0.208. The van der Waals surface area contributed by atoms with Gasteiger partial charge in [0.2, 0.25) is 0 Å². The average Bonchev–Trinajstić information content (AvgIpc) is 2.79. The molecule has 158 valence electrons. The fourth-order valence-electron chi connectivity index (χ4n) is 3.81. The van der Waals surface area contributed by atoms with E-state index in [-0.39, 0.29) is 31.3 Å². The lowest BCUT2D eigenvalue weighted by molar-refractivity contribution is -0.153. The highest BCUT2D eigenvalue weighted by atomic mass is 19.1. The highest BCUT2D eigenvalue weighted by molar-refractivity contribution is 5.93. The summed E-state index contributed by atoms with van der Waals surface area (Å²) in [5.74, 6) is -1.24. The van der Waals surface area contributed by atoms with Crippen LogP contribution in [0.3, 0.4) is 0 Å². The maximum absolute atomic E-state index is 13.6. The molecule has 1 saturated heterocycles. The van der Waals surface area contributed by atoms with Crippen LogP contribution in [0.1, 0.15) is 16.1 Å². The third kappa shape index (κ3) is 4.46. The van der Waals surface area contributed by atoms with Crippen molar-refractivity contribution in [3.8, 4) is 11.1 Å². The molecule has 2 heterocycles. The number of hydrogen-bond donors (Lipinski definition) is 1. The highest BCUT2D eigenvalue weighted by Gasteiger charge is 2.44. The van der Waals surface area contributed by atoms with E-state index in [1.54, 1.807) is 35.4 Å². The first-order chi connectivity index (χ1) is 15.0. The Bertz CT molecular complexity index is 1110. The Morgan fingerprint density at radius 1 is 1.06 bits per heavy atom. The highest BCUT2D eigenvalue weighted by Crippen LogP contribution is 2.27.